The first-order valence-corrected chi connectivity index (χ1v) is 4.21. The van der Waals surface area contributed by atoms with E-state index in [1.54, 1.807) is 0 Å². The molecule has 0 aromatic rings. The molecule has 4 atom stereocenters. The van der Waals surface area contributed by atoms with Crippen LogP contribution in [0.3, 0.4) is 0 Å². The van der Waals surface area contributed by atoms with E-state index in [2.05, 4.69) is 13.0 Å². The maximum atomic E-state index is 8.76. The molecule has 0 spiro atoms. The number of nitrogens with zero attached hydrogens (tertiary/aromatic N) is 1. The Morgan fingerprint density at radius 3 is 2.80 bits per heavy atom. The van der Waals surface area contributed by atoms with E-state index in [0.717, 1.165) is 24.2 Å². The largest absolute Gasteiger partial charge is 0.198 e. The zero-order valence-corrected chi connectivity index (χ0v) is 6.38. The number of nitriles is 1. The fraction of sp³-hybridized carbons (Fsp3) is 0.889. The van der Waals surface area contributed by atoms with Crippen molar-refractivity contribution in [3.63, 3.8) is 0 Å². The van der Waals surface area contributed by atoms with E-state index in [0.29, 0.717) is 5.92 Å². The molecule has 1 nitrogen and oxygen atoms in total. The van der Waals surface area contributed by atoms with Gasteiger partial charge in [-0.3, -0.25) is 0 Å². The second-order valence-electron chi connectivity index (χ2n) is 3.97. The summed E-state index contributed by atoms with van der Waals surface area (Å²) in [7, 11) is 0. The topological polar surface area (TPSA) is 23.8 Å². The minimum Gasteiger partial charge on any atom is -0.198 e. The number of hydrogen-bond acceptors (Lipinski definition) is 1. The highest BCUT2D eigenvalue weighted by Crippen LogP contribution is 2.54. The molecule has 10 heavy (non-hydrogen) atoms. The molecular formula is C9H13N. The molecule has 0 aromatic carbocycles. The molecule has 0 N–H and O–H groups in total. The summed E-state index contributed by atoms with van der Waals surface area (Å²) in [6.45, 7) is 2.28. The number of rotatable bonds is 0. The molecule has 0 radical (unpaired) electrons. The van der Waals surface area contributed by atoms with Crippen LogP contribution in [0.15, 0.2) is 0 Å². The first kappa shape index (κ1) is 6.22. The highest BCUT2D eigenvalue weighted by atomic mass is 14.5. The van der Waals surface area contributed by atoms with Crippen molar-refractivity contribution in [1.82, 2.24) is 0 Å². The van der Waals surface area contributed by atoms with Gasteiger partial charge < -0.3 is 0 Å². The van der Waals surface area contributed by atoms with Crippen LogP contribution in [-0.4, -0.2) is 0 Å². The molecule has 0 aromatic heterocycles. The van der Waals surface area contributed by atoms with E-state index in [4.69, 9.17) is 5.26 Å². The summed E-state index contributed by atoms with van der Waals surface area (Å²) in [5, 5.41) is 8.76. The molecule has 2 rings (SSSR count). The van der Waals surface area contributed by atoms with Gasteiger partial charge in [-0.05, 0) is 37.0 Å². The average molecular weight is 135 g/mol. The number of hydrogen-bond donors (Lipinski definition) is 0. The van der Waals surface area contributed by atoms with Crippen molar-refractivity contribution in [1.29, 1.82) is 5.26 Å². The van der Waals surface area contributed by atoms with E-state index < -0.39 is 0 Å². The van der Waals surface area contributed by atoms with Crippen LogP contribution in [0.1, 0.15) is 26.2 Å². The standard InChI is InChI=1S/C9H13N/c1-6-2-7-4-9(7)8(3-6)5-10/h6-9H,2-4H2,1H3/t6?,7?,8-,9-/m1/s1. The maximum absolute atomic E-state index is 8.76. The van der Waals surface area contributed by atoms with Crippen LogP contribution in [-0.2, 0) is 0 Å². The van der Waals surface area contributed by atoms with Crippen molar-refractivity contribution in [2.45, 2.75) is 26.2 Å². The Balaban J connectivity index is 2.04. The molecule has 2 saturated carbocycles. The zero-order chi connectivity index (χ0) is 7.14. The van der Waals surface area contributed by atoms with Crippen molar-refractivity contribution in [3.8, 4) is 6.07 Å². The Hall–Kier alpha value is -0.510. The summed E-state index contributed by atoms with van der Waals surface area (Å²) in [4.78, 5) is 0. The monoisotopic (exact) mass is 135 g/mol. The third-order valence-corrected chi connectivity index (χ3v) is 3.02. The maximum Gasteiger partial charge on any atom is 0.0658 e. The second kappa shape index (κ2) is 1.99. The molecular weight excluding hydrogens is 122 g/mol. The highest BCUT2D eigenvalue weighted by molar-refractivity contribution is 5.04. The minimum absolute atomic E-state index is 0.411. The highest BCUT2D eigenvalue weighted by Gasteiger charge is 2.47. The third-order valence-electron chi connectivity index (χ3n) is 3.02. The van der Waals surface area contributed by atoms with Gasteiger partial charge >= 0.3 is 0 Å². The Bertz CT molecular complexity index is 180. The Morgan fingerprint density at radius 2 is 2.10 bits per heavy atom. The minimum atomic E-state index is 0.411. The van der Waals surface area contributed by atoms with E-state index >= 15 is 0 Å². The quantitative estimate of drug-likeness (QED) is 0.499. The van der Waals surface area contributed by atoms with Crippen LogP contribution in [0, 0.1) is 35.0 Å². The van der Waals surface area contributed by atoms with E-state index in [-0.39, 0.29) is 0 Å². The average Bonchev–Trinajstić information content (AvgIpc) is 2.64. The van der Waals surface area contributed by atoms with Gasteiger partial charge in [0.15, 0.2) is 0 Å². The fourth-order valence-electron chi connectivity index (χ4n) is 2.40. The lowest BCUT2D eigenvalue weighted by Crippen LogP contribution is -2.14. The SMILES string of the molecule is CC1CC2C[C@H]2[C@@H](C#N)C1. The van der Waals surface area contributed by atoms with Gasteiger partial charge in [-0.2, -0.15) is 5.26 Å². The smallest absolute Gasteiger partial charge is 0.0658 e. The molecule has 0 amide bonds. The molecule has 2 fully saturated rings. The van der Waals surface area contributed by atoms with Crippen molar-refractivity contribution < 1.29 is 0 Å². The van der Waals surface area contributed by atoms with Gasteiger partial charge in [0.1, 0.15) is 0 Å². The van der Waals surface area contributed by atoms with Crippen LogP contribution in [0.5, 0.6) is 0 Å². The molecule has 2 aliphatic rings. The van der Waals surface area contributed by atoms with E-state index in [1.807, 2.05) is 0 Å². The van der Waals surface area contributed by atoms with Crippen molar-refractivity contribution in [2.75, 3.05) is 0 Å². The van der Waals surface area contributed by atoms with Crippen LogP contribution in [0.4, 0.5) is 0 Å². The lowest BCUT2D eigenvalue weighted by Gasteiger charge is -2.20. The summed E-state index contributed by atoms with van der Waals surface area (Å²) in [6.07, 6.45) is 3.91. The molecule has 0 bridgehead atoms. The molecule has 2 unspecified atom stereocenters. The summed E-state index contributed by atoms with van der Waals surface area (Å²) in [5.41, 5.74) is 0. The van der Waals surface area contributed by atoms with Gasteiger partial charge in [-0.1, -0.05) is 6.92 Å². The third kappa shape index (κ3) is 0.831. The van der Waals surface area contributed by atoms with E-state index in [9.17, 15) is 0 Å². The molecule has 0 aliphatic heterocycles. The predicted molar refractivity (Wildman–Crippen MR) is 39.1 cm³/mol. The lowest BCUT2D eigenvalue weighted by atomic mass is 9.83. The molecule has 0 saturated heterocycles. The van der Waals surface area contributed by atoms with Gasteiger partial charge in [-0.25, -0.2) is 0 Å². The summed E-state index contributed by atoms with van der Waals surface area (Å²) >= 11 is 0. The number of fused-ring (bicyclic) bond motifs is 1. The predicted octanol–water partition coefficient (Wildman–Crippen LogP) is 2.19. The fourth-order valence-corrected chi connectivity index (χ4v) is 2.40. The molecule has 0 heterocycles. The molecule has 1 heteroatoms. The van der Waals surface area contributed by atoms with Gasteiger partial charge in [-0.15, -0.1) is 0 Å². The van der Waals surface area contributed by atoms with Gasteiger partial charge in [0.2, 0.25) is 0 Å². The van der Waals surface area contributed by atoms with Crippen LogP contribution in [0.25, 0.3) is 0 Å². The Morgan fingerprint density at radius 1 is 1.30 bits per heavy atom. The van der Waals surface area contributed by atoms with Gasteiger partial charge in [0.05, 0.1) is 6.07 Å². The summed E-state index contributed by atoms with van der Waals surface area (Å²) in [5.74, 6) is 2.97. The lowest BCUT2D eigenvalue weighted by molar-refractivity contribution is 0.314. The van der Waals surface area contributed by atoms with Gasteiger partial charge in [0, 0.05) is 5.92 Å². The molecule has 54 valence electrons. The van der Waals surface area contributed by atoms with Gasteiger partial charge in [0.25, 0.3) is 0 Å². The van der Waals surface area contributed by atoms with Crippen molar-refractivity contribution >= 4 is 0 Å². The summed E-state index contributed by atoms with van der Waals surface area (Å²) < 4.78 is 0. The zero-order valence-electron chi connectivity index (χ0n) is 6.38. The van der Waals surface area contributed by atoms with Crippen LogP contribution >= 0.6 is 0 Å². The Labute approximate surface area is 62.0 Å². The first-order chi connectivity index (χ1) is 4.81. The second-order valence-corrected chi connectivity index (χ2v) is 3.97. The summed E-state index contributed by atoms with van der Waals surface area (Å²) in [6, 6.07) is 2.43. The van der Waals surface area contributed by atoms with Crippen molar-refractivity contribution in [3.05, 3.63) is 0 Å². The first-order valence-electron chi connectivity index (χ1n) is 4.21. The van der Waals surface area contributed by atoms with E-state index in [1.165, 1.54) is 12.8 Å². The Kier molecular flexibility index (Phi) is 1.23. The van der Waals surface area contributed by atoms with Crippen molar-refractivity contribution in [2.24, 2.45) is 23.7 Å². The van der Waals surface area contributed by atoms with Crippen LogP contribution in [0.2, 0.25) is 0 Å². The van der Waals surface area contributed by atoms with Crippen LogP contribution < -0.4 is 0 Å². The molecule has 2 aliphatic carbocycles. The normalized spacial score (nSPS) is 51.2.